The fourth-order valence-electron chi connectivity index (χ4n) is 1.96. The van der Waals surface area contributed by atoms with Crippen LogP contribution in [0, 0.1) is 0 Å². The summed E-state index contributed by atoms with van der Waals surface area (Å²) in [6, 6.07) is 13.6. The minimum Gasteiger partial charge on any atom is -0.497 e. The Labute approximate surface area is 124 Å². The molecule has 0 radical (unpaired) electrons. The predicted molar refractivity (Wildman–Crippen MR) is 81.5 cm³/mol. The van der Waals surface area contributed by atoms with Gasteiger partial charge < -0.3 is 14.8 Å². The van der Waals surface area contributed by atoms with E-state index in [9.17, 15) is 0 Å². The molecule has 0 heterocycles. The van der Waals surface area contributed by atoms with Gasteiger partial charge in [-0.05, 0) is 30.8 Å². The van der Waals surface area contributed by atoms with E-state index in [4.69, 9.17) is 21.1 Å². The molecule has 0 aliphatic carbocycles. The molecule has 3 nitrogen and oxygen atoms in total. The molecule has 0 amide bonds. The number of halogens is 1. The molecule has 0 saturated carbocycles. The molecule has 0 aromatic heterocycles. The maximum atomic E-state index is 6.21. The quantitative estimate of drug-likeness (QED) is 0.881. The first-order chi connectivity index (χ1) is 9.74. The summed E-state index contributed by atoms with van der Waals surface area (Å²) < 4.78 is 11.1. The molecule has 20 heavy (non-hydrogen) atoms. The van der Waals surface area contributed by atoms with Gasteiger partial charge in [-0.25, -0.2) is 0 Å². The Morgan fingerprint density at radius 1 is 1.15 bits per heavy atom. The molecule has 106 valence electrons. The number of nitrogens with one attached hydrogen (secondary N) is 1. The van der Waals surface area contributed by atoms with Crippen LogP contribution in [0.4, 0.5) is 0 Å². The minimum atomic E-state index is 0.456. The third-order valence-corrected chi connectivity index (χ3v) is 3.23. The first-order valence-electron chi connectivity index (χ1n) is 6.42. The van der Waals surface area contributed by atoms with Gasteiger partial charge in [0.25, 0.3) is 0 Å². The van der Waals surface area contributed by atoms with E-state index in [1.807, 2.05) is 49.5 Å². The summed E-state index contributed by atoms with van der Waals surface area (Å²) in [7, 11) is 3.55. The number of ether oxygens (including phenoxy) is 2. The molecule has 2 aromatic carbocycles. The molecule has 4 heteroatoms. The highest BCUT2D eigenvalue weighted by atomic mass is 35.5. The van der Waals surface area contributed by atoms with Crippen LogP contribution >= 0.6 is 11.6 Å². The van der Waals surface area contributed by atoms with Crippen LogP contribution in [-0.4, -0.2) is 14.2 Å². The van der Waals surface area contributed by atoms with Crippen molar-refractivity contribution in [3.05, 3.63) is 58.6 Å². The van der Waals surface area contributed by atoms with E-state index < -0.39 is 0 Å². The molecule has 2 rings (SSSR count). The molecule has 0 unspecified atom stereocenters. The summed E-state index contributed by atoms with van der Waals surface area (Å²) >= 11 is 6.21. The lowest BCUT2D eigenvalue weighted by atomic mass is 10.2. The Morgan fingerprint density at radius 3 is 2.70 bits per heavy atom. The highest BCUT2D eigenvalue weighted by molar-refractivity contribution is 6.32. The van der Waals surface area contributed by atoms with Gasteiger partial charge in [-0.15, -0.1) is 0 Å². The molecule has 0 atom stereocenters. The second kappa shape index (κ2) is 7.17. The zero-order valence-electron chi connectivity index (χ0n) is 11.7. The van der Waals surface area contributed by atoms with E-state index in [2.05, 4.69) is 5.32 Å². The number of benzene rings is 2. The number of rotatable bonds is 6. The van der Waals surface area contributed by atoms with E-state index in [0.717, 1.165) is 22.6 Å². The second-order valence-corrected chi connectivity index (χ2v) is 4.81. The first-order valence-corrected chi connectivity index (χ1v) is 6.80. The van der Waals surface area contributed by atoms with Gasteiger partial charge in [0.1, 0.15) is 18.1 Å². The summed E-state index contributed by atoms with van der Waals surface area (Å²) in [6.45, 7) is 1.17. The van der Waals surface area contributed by atoms with Gasteiger partial charge in [-0.2, -0.15) is 0 Å². The molecular formula is C16H18ClNO2. The van der Waals surface area contributed by atoms with E-state index >= 15 is 0 Å². The molecule has 0 fully saturated rings. The van der Waals surface area contributed by atoms with Crippen LogP contribution in [0.25, 0.3) is 0 Å². The minimum absolute atomic E-state index is 0.456. The molecule has 0 spiro atoms. The summed E-state index contributed by atoms with van der Waals surface area (Å²) in [6.07, 6.45) is 0. The number of methoxy groups -OCH3 is 1. The largest absolute Gasteiger partial charge is 0.497 e. The Hall–Kier alpha value is -1.71. The van der Waals surface area contributed by atoms with Gasteiger partial charge in [0.05, 0.1) is 12.1 Å². The van der Waals surface area contributed by atoms with E-state index in [1.165, 1.54) is 0 Å². The highest BCUT2D eigenvalue weighted by Gasteiger charge is 2.08. The molecule has 1 N–H and O–H groups in total. The summed E-state index contributed by atoms with van der Waals surface area (Å²) in [5, 5.41) is 3.73. The third-order valence-electron chi connectivity index (χ3n) is 2.93. The van der Waals surface area contributed by atoms with E-state index in [-0.39, 0.29) is 0 Å². The number of hydrogen-bond donors (Lipinski definition) is 1. The van der Waals surface area contributed by atoms with Gasteiger partial charge in [-0.1, -0.05) is 35.9 Å². The highest BCUT2D eigenvalue weighted by Crippen LogP contribution is 2.29. The van der Waals surface area contributed by atoms with Crippen molar-refractivity contribution in [2.24, 2.45) is 0 Å². The molecule has 0 aliphatic heterocycles. The monoisotopic (exact) mass is 291 g/mol. The Bertz CT molecular complexity index is 572. The van der Waals surface area contributed by atoms with Crippen LogP contribution in [0.2, 0.25) is 5.02 Å². The zero-order chi connectivity index (χ0) is 14.4. The third kappa shape index (κ3) is 3.65. The van der Waals surface area contributed by atoms with Crippen molar-refractivity contribution in [1.82, 2.24) is 5.32 Å². The van der Waals surface area contributed by atoms with Crippen molar-refractivity contribution in [3.8, 4) is 11.5 Å². The molecule has 0 aliphatic rings. The Balaban J connectivity index is 2.13. The number of hydrogen-bond acceptors (Lipinski definition) is 3. The van der Waals surface area contributed by atoms with E-state index in [0.29, 0.717) is 18.2 Å². The fraction of sp³-hybridized carbons (Fsp3) is 0.250. The average Bonchev–Trinajstić information content (AvgIpc) is 2.47. The smallest absolute Gasteiger partial charge is 0.142 e. The van der Waals surface area contributed by atoms with Crippen molar-refractivity contribution in [3.63, 3.8) is 0 Å². The van der Waals surface area contributed by atoms with Gasteiger partial charge in [0, 0.05) is 12.1 Å². The zero-order valence-corrected chi connectivity index (χ0v) is 12.4. The van der Waals surface area contributed by atoms with Crippen LogP contribution in [0.1, 0.15) is 11.1 Å². The topological polar surface area (TPSA) is 30.5 Å². The van der Waals surface area contributed by atoms with Gasteiger partial charge in [0.15, 0.2) is 0 Å². The first kappa shape index (κ1) is 14.7. The SMILES string of the molecule is CNCc1cccc(Cl)c1OCc1cccc(OC)c1. The summed E-state index contributed by atoms with van der Waals surface area (Å²) in [5.74, 6) is 1.55. The van der Waals surface area contributed by atoms with Crippen LogP contribution in [0.5, 0.6) is 11.5 Å². The van der Waals surface area contributed by atoms with Crippen LogP contribution in [0.15, 0.2) is 42.5 Å². The van der Waals surface area contributed by atoms with Crippen LogP contribution in [0.3, 0.4) is 0 Å². The molecule has 2 aromatic rings. The van der Waals surface area contributed by atoms with Crippen molar-refractivity contribution in [2.45, 2.75) is 13.2 Å². The van der Waals surface area contributed by atoms with Gasteiger partial charge in [-0.3, -0.25) is 0 Å². The Kier molecular flexibility index (Phi) is 5.27. The van der Waals surface area contributed by atoms with Crippen molar-refractivity contribution in [1.29, 1.82) is 0 Å². The summed E-state index contributed by atoms with van der Waals surface area (Å²) in [4.78, 5) is 0. The van der Waals surface area contributed by atoms with Crippen LogP contribution in [-0.2, 0) is 13.2 Å². The lowest BCUT2D eigenvalue weighted by Crippen LogP contribution is -2.08. The van der Waals surface area contributed by atoms with Gasteiger partial charge in [0.2, 0.25) is 0 Å². The van der Waals surface area contributed by atoms with Crippen molar-refractivity contribution >= 4 is 11.6 Å². The van der Waals surface area contributed by atoms with Crippen molar-refractivity contribution < 1.29 is 9.47 Å². The van der Waals surface area contributed by atoms with Crippen molar-refractivity contribution in [2.75, 3.05) is 14.2 Å². The Morgan fingerprint density at radius 2 is 1.95 bits per heavy atom. The fourth-order valence-corrected chi connectivity index (χ4v) is 2.21. The summed E-state index contributed by atoms with van der Waals surface area (Å²) in [5.41, 5.74) is 2.09. The lowest BCUT2D eigenvalue weighted by Gasteiger charge is -2.13. The lowest BCUT2D eigenvalue weighted by molar-refractivity contribution is 0.301. The number of para-hydroxylation sites is 1. The van der Waals surface area contributed by atoms with Gasteiger partial charge >= 0.3 is 0 Å². The molecule has 0 bridgehead atoms. The second-order valence-electron chi connectivity index (χ2n) is 4.40. The molecule has 0 saturated heterocycles. The molecular weight excluding hydrogens is 274 g/mol. The normalized spacial score (nSPS) is 10.3. The maximum Gasteiger partial charge on any atom is 0.142 e. The van der Waals surface area contributed by atoms with E-state index in [1.54, 1.807) is 7.11 Å². The average molecular weight is 292 g/mol. The maximum absolute atomic E-state index is 6.21. The van der Waals surface area contributed by atoms with Crippen LogP contribution < -0.4 is 14.8 Å². The predicted octanol–water partition coefficient (Wildman–Crippen LogP) is 3.65. The standard InChI is InChI=1S/C16H18ClNO2/c1-18-10-13-6-4-8-15(17)16(13)20-11-12-5-3-7-14(9-12)19-2/h3-9,18H,10-11H2,1-2H3.